The van der Waals surface area contributed by atoms with Gasteiger partial charge in [0.25, 0.3) is 0 Å². The van der Waals surface area contributed by atoms with Crippen molar-refractivity contribution in [3.63, 3.8) is 0 Å². The number of nitrogens with zero attached hydrogens (tertiary/aromatic N) is 2. The maximum atomic E-state index is 11.3. The summed E-state index contributed by atoms with van der Waals surface area (Å²) >= 11 is 1.74. The summed E-state index contributed by atoms with van der Waals surface area (Å²) in [6, 6.07) is 0. The highest BCUT2D eigenvalue weighted by Gasteiger charge is 2.22. The Hall–Kier alpha value is -0.710. The molecule has 1 aliphatic rings. The summed E-state index contributed by atoms with van der Waals surface area (Å²) in [5, 5.41) is 4.53. The van der Waals surface area contributed by atoms with E-state index in [1.54, 1.807) is 30.8 Å². The van der Waals surface area contributed by atoms with Gasteiger partial charge in [-0.25, -0.2) is 0 Å². The van der Waals surface area contributed by atoms with Gasteiger partial charge in [-0.05, 0) is 5.92 Å². The van der Waals surface area contributed by atoms with Gasteiger partial charge in [-0.2, -0.15) is 0 Å². The molecule has 0 aromatic rings. The highest BCUT2D eigenvalue weighted by molar-refractivity contribution is 8.14. The highest BCUT2D eigenvalue weighted by atomic mass is 32.2. The standard InChI is InChI=1S/C10H19N3OS/c1-7(2)8-5-11-10(15-8)12-6-9(14)13(3)4/h7-8H,5-6H2,1-4H3,(H,11,12). The van der Waals surface area contributed by atoms with Crippen molar-refractivity contribution < 1.29 is 4.79 Å². The van der Waals surface area contributed by atoms with E-state index in [-0.39, 0.29) is 5.91 Å². The lowest BCUT2D eigenvalue weighted by atomic mass is 10.1. The molecule has 1 rings (SSSR count). The Morgan fingerprint density at radius 3 is 2.80 bits per heavy atom. The van der Waals surface area contributed by atoms with E-state index in [0.717, 1.165) is 11.7 Å². The van der Waals surface area contributed by atoms with Crippen LogP contribution in [0, 0.1) is 5.92 Å². The molecule has 5 heteroatoms. The van der Waals surface area contributed by atoms with Gasteiger partial charge in [0, 0.05) is 19.3 Å². The summed E-state index contributed by atoms with van der Waals surface area (Å²) in [4.78, 5) is 17.3. The van der Waals surface area contributed by atoms with Crippen LogP contribution in [0.15, 0.2) is 4.99 Å². The quantitative estimate of drug-likeness (QED) is 0.778. The van der Waals surface area contributed by atoms with Gasteiger partial charge in [0.05, 0.1) is 13.1 Å². The normalized spacial score (nSPS) is 20.3. The molecule has 1 aliphatic heterocycles. The maximum absolute atomic E-state index is 11.3. The predicted molar refractivity (Wildman–Crippen MR) is 65.2 cm³/mol. The van der Waals surface area contributed by atoms with E-state index in [1.165, 1.54) is 0 Å². The average molecular weight is 229 g/mol. The molecule has 1 amide bonds. The zero-order valence-corrected chi connectivity index (χ0v) is 10.6. The Balaban J connectivity index is 2.28. The fourth-order valence-corrected chi connectivity index (χ4v) is 2.16. The molecular formula is C10H19N3OS. The van der Waals surface area contributed by atoms with Crippen molar-refractivity contribution in [3.05, 3.63) is 0 Å². The maximum Gasteiger partial charge on any atom is 0.241 e. The van der Waals surface area contributed by atoms with Crippen molar-refractivity contribution in [1.29, 1.82) is 0 Å². The van der Waals surface area contributed by atoms with E-state index in [4.69, 9.17) is 0 Å². The predicted octanol–water partition coefficient (Wildman–Crippen LogP) is 0.792. The molecule has 1 unspecified atom stereocenters. The fourth-order valence-electron chi connectivity index (χ4n) is 1.14. The third-order valence-corrected chi connectivity index (χ3v) is 3.80. The first kappa shape index (κ1) is 12.4. The van der Waals surface area contributed by atoms with E-state index in [1.807, 2.05) is 0 Å². The van der Waals surface area contributed by atoms with Gasteiger partial charge in [0.2, 0.25) is 5.91 Å². The molecule has 0 bridgehead atoms. The number of likely N-dealkylation sites (N-methyl/N-ethyl adjacent to an activating group) is 1. The van der Waals surface area contributed by atoms with Crippen LogP contribution >= 0.6 is 11.8 Å². The van der Waals surface area contributed by atoms with Gasteiger partial charge < -0.3 is 10.2 Å². The average Bonchev–Trinajstić information content (AvgIpc) is 2.62. The van der Waals surface area contributed by atoms with E-state index < -0.39 is 0 Å². The second-order valence-electron chi connectivity index (χ2n) is 4.19. The van der Waals surface area contributed by atoms with Crippen molar-refractivity contribution in [2.45, 2.75) is 19.1 Å². The van der Waals surface area contributed by atoms with Crippen LogP contribution in [-0.2, 0) is 4.79 Å². The topological polar surface area (TPSA) is 44.7 Å². The van der Waals surface area contributed by atoms with Gasteiger partial charge >= 0.3 is 0 Å². The van der Waals surface area contributed by atoms with Gasteiger partial charge in [0.15, 0.2) is 5.17 Å². The molecule has 0 saturated heterocycles. The minimum atomic E-state index is 0.0753. The lowest BCUT2D eigenvalue weighted by molar-refractivity contribution is -0.127. The van der Waals surface area contributed by atoms with E-state index in [0.29, 0.717) is 17.7 Å². The van der Waals surface area contributed by atoms with Crippen LogP contribution in [0.3, 0.4) is 0 Å². The minimum absolute atomic E-state index is 0.0753. The molecule has 0 aliphatic carbocycles. The second-order valence-corrected chi connectivity index (χ2v) is 5.42. The van der Waals surface area contributed by atoms with Crippen LogP contribution in [-0.4, -0.2) is 48.4 Å². The van der Waals surface area contributed by atoms with Gasteiger partial charge in [0.1, 0.15) is 0 Å². The lowest BCUT2D eigenvalue weighted by Crippen LogP contribution is -2.34. The molecule has 0 aromatic heterocycles. The zero-order chi connectivity index (χ0) is 11.4. The Labute approximate surface area is 95.5 Å². The number of amides is 1. The number of hydrogen-bond donors (Lipinski definition) is 1. The number of amidine groups is 1. The number of carbonyl (C=O) groups excluding carboxylic acids is 1. The van der Waals surface area contributed by atoms with Crippen LogP contribution in [0.1, 0.15) is 13.8 Å². The number of nitrogens with one attached hydrogen (secondary N) is 1. The first-order valence-corrected chi connectivity index (χ1v) is 6.03. The van der Waals surface area contributed by atoms with Crippen molar-refractivity contribution >= 4 is 22.8 Å². The van der Waals surface area contributed by atoms with Gasteiger partial charge in [-0.1, -0.05) is 25.6 Å². The Morgan fingerprint density at radius 2 is 2.33 bits per heavy atom. The SMILES string of the molecule is CC(C)C1CN=C(NCC(=O)N(C)C)S1. The summed E-state index contributed by atoms with van der Waals surface area (Å²) in [6.45, 7) is 5.59. The van der Waals surface area contributed by atoms with E-state index in [9.17, 15) is 4.79 Å². The molecular weight excluding hydrogens is 210 g/mol. The number of aliphatic imine (C=N–C) groups is 1. The summed E-state index contributed by atoms with van der Waals surface area (Å²) in [6.07, 6.45) is 0. The fraction of sp³-hybridized carbons (Fsp3) is 0.800. The number of carbonyl (C=O) groups is 1. The molecule has 4 nitrogen and oxygen atoms in total. The molecule has 0 spiro atoms. The number of rotatable bonds is 3. The molecule has 0 saturated carbocycles. The summed E-state index contributed by atoms with van der Waals surface area (Å²) < 4.78 is 0. The lowest BCUT2D eigenvalue weighted by Gasteiger charge is -2.13. The zero-order valence-electron chi connectivity index (χ0n) is 9.78. The van der Waals surface area contributed by atoms with E-state index >= 15 is 0 Å². The molecule has 0 radical (unpaired) electrons. The van der Waals surface area contributed by atoms with Crippen LogP contribution in [0.2, 0.25) is 0 Å². The summed E-state index contributed by atoms with van der Waals surface area (Å²) in [5.41, 5.74) is 0. The van der Waals surface area contributed by atoms with Crippen LogP contribution in [0.5, 0.6) is 0 Å². The Kier molecular flexibility index (Phi) is 4.45. The number of hydrogen-bond acceptors (Lipinski definition) is 4. The third kappa shape index (κ3) is 3.74. The van der Waals surface area contributed by atoms with Gasteiger partial charge in [-0.15, -0.1) is 0 Å². The Morgan fingerprint density at radius 1 is 1.67 bits per heavy atom. The smallest absolute Gasteiger partial charge is 0.241 e. The van der Waals surface area contributed by atoms with E-state index in [2.05, 4.69) is 24.2 Å². The van der Waals surface area contributed by atoms with Crippen molar-refractivity contribution in [3.8, 4) is 0 Å². The molecule has 1 heterocycles. The van der Waals surface area contributed by atoms with Crippen molar-refractivity contribution in [2.24, 2.45) is 10.9 Å². The molecule has 1 atom stereocenters. The first-order chi connectivity index (χ1) is 7.00. The Bertz CT molecular complexity index is 263. The van der Waals surface area contributed by atoms with Crippen molar-refractivity contribution in [2.75, 3.05) is 27.2 Å². The summed E-state index contributed by atoms with van der Waals surface area (Å²) in [5.74, 6) is 0.703. The molecule has 15 heavy (non-hydrogen) atoms. The monoisotopic (exact) mass is 229 g/mol. The summed E-state index contributed by atoms with van der Waals surface area (Å²) in [7, 11) is 3.51. The molecule has 1 N–H and O–H groups in total. The van der Waals surface area contributed by atoms with Crippen LogP contribution in [0.4, 0.5) is 0 Å². The molecule has 86 valence electrons. The number of thioether (sulfide) groups is 1. The first-order valence-electron chi connectivity index (χ1n) is 5.16. The van der Waals surface area contributed by atoms with Crippen LogP contribution < -0.4 is 5.32 Å². The third-order valence-electron chi connectivity index (χ3n) is 2.31. The molecule has 0 aromatic carbocycles. The molecule has 0 fully saturated rings. The van der Waals surface area contributed by atoms with Crippen molar-refractivity contribution in [1.82, 2.24) is 10.2 Å². The second kappa shape index (κ2) is 5.39. The van der Waals surface area contributed by atoms with Crippen LogP contribution in [0.25, 0.3) is 0 Å². The minimum Gasteiger partial charge on any atom is -0.356 e. The van der Waals surface area contributed by atoms with Gasteiger partial charge in [-0.3, -0.25) is 9.79 Å². The largest absolute Gasteiger partial charge is 0.356 e. The highest BCUT2D eigenvalue weighted by Crippen LogP contribution is 2.25.